The van der Waals surface area contributed by atoms with Gasteiger partial charge in [0.25, 0.3) is 0 Å². The average Bonchev–Trinajstić information content (AvgIpc) is 3.10. The summed E-state index contributed by atoms with van der Waals surface area (Å²) in [5.41, 5.74) is 1.37. The van der Waals surface area contributed by atoms with Crippen molar-refractivity contribution in [2.45, 2.75) is 24.3 Å². The number of sulfonamides is 1. The minimum absolute atomic E-state index is 0.00873. The van der Waals surface area contributed by atoms with Crippen LogP contribution in [0.5, 0.6) is 11.5 Å². The molecule has 2 aliphatic rings. The summed E-state index contributed by atoms with van der Waals surface area (Å²) in [6.45, 7) is 2.99. The van der Waals surface area contributed by atoms with Crippen molar-refractivity contribution in [3.63, 3.8) is 0 Å². The summed E-state index contributed by atoms with van der Waals surface area (Å²) in [7, 11) is -3.95. The van der Waals surface area contributed by atoms with Gasteiger partial charge < -0.3 is 13.9 Å². The van der Waals surface area contributed by atoms with Crippen molar-refractivity contribution >= 4 is 38.1 Å². The molecule has 6 nitrogen and oxygen atoms in total. The van der Waals surface area contributed by atoms with Crippen LogP contribution in [0.1, 0.15) is 25.1 Å². The Balaban J connectivity index is 1.55. The first kappa shape index (κ1) is 21.9. The highest BCUT2D eigenvalue weighted by molar-refractivity contribution is 7.89. The molecule has 2 unspecified atom stereocenters. The van der Waals surface area contributed by atoms with Crippen LogP contribution in [0.4, 0.5) is 0 Å². The highest BCUT2D eigenvalue weighted by Crippen LogP contribution is 2.35. The molecule has 0 saturated carbocycles. The molecule has 170 valence electrons. The maximum Gasteiger partial charge on any atom is 0.241 e. The second kappa shape index (κ2) is 8.78. The molecule has 2 aromatic carbocycles. The van der Waals surface area contributed by atoms with Crippen LogP contribution < -0.4 is 14.2 Å². The fourth-order valence-corrected chi connectivity index (χ4v) is 5.41. The van der Waals surface area contributed by atoms with E-state index in [0.29, 0.717) is 46.5 Å². The Kier molecular flexibility index (Phi) is 5.82. The monoisotopic (exact) mass is 481 g/mol. The molecule has 1 aliphatic heterocycles. The molecule has 0 saturated heterocycles. The molecule has 0 amide bonds. The second-order valence-electron chi connectivity index (χ2n) is 8.06. The van der Waals surface area contributed by atoms with Crippen LogP contribution in [0.2, 0.25) is 0 Å². The lowest BCUT2D eigenvalue weighted by atomic mass is 9.90. The number of nitrogens with one attached hydrogen (secondary N) is 1. The fraction of sp³-hybridized carbons (Fsp3) is 0.240. The van der Waals surface area contributed by atoms with E-state index in [1.165, 1.54) is 12.1 Å². The Morgan fingerprint density at radius 2 is 1.85 bits per heavy atom. The van der Waals surface area contributed by atoms with Crippen LogP contribution in [-0.4, -0.2) is 26.5 Å². The summed E-state index contributed by atoms with van der Waals surface area (Å²) in [6.07, 6.45) is 6.46. The molecule has 2 heterocycles. The largest absolute Gasteiger partial charge is 0.490 e. The number of hydrogen-bond donors (Lipinski definition) is 1. The van der Waals surface area contributed by atoms with Crippen molar-refractivity contribution in [2.75, 3.05) is 13.2 Å². The Bertz CT molecular complexity index is 1350. The standard InChI is InChI=1S/C25H23NO5S2/c1-16-6-4-8-19(25(16)32)24(23-14-17-7-2-3-9-20(17)31-23)26-33(27,28)18-10-11-21-22(15-18)30-13-5-12-29-21/h2-4,6-11,14-16,24,26H,5,12-13H2,1H3. The maximum absolute atomic E-state index is 13.5. The van der Waals surface area contributed by atoms with Crippen molar-refractivity contribution in [2.24, 2.45) is 5.92 Å². The SMILES string of the molecule is CC1C=CC=C(C(NS(=O)(=O)c2ccc3c(c2)OCCCO3)c2cc3ccccc3o2)C1=S. The lowest BCUT2D eigenvalue weighted by Crippen LogP contribution is -2.33. The Labute approximate surface area is 197 Å². The van der Waals surface area contributed by atoms with Crippen LogP contribution in [-0.2, 0) is 10.0 Å². The van der Waals surface area contributed by atoms with Gasteiger partial charge in [0.1, 0.15) is 17.4 Å². The summed E-state index contributed by atoms with van der Waals surface area (Å²) in [6, 6.07) is 13.3. The number of fused-ring (bicyclic) bond motifs is 2. The van der Waals surface area contributed by atoms with Gasteiger partial charge in [0, 0.05) is 28.7 Å². The zero-order valence-electron chi connectivity index (χ0n) is 18.0. The van der Waals surface area contributed by atoms with Crippen molar-refractivity contribution in [1.82, 2.24) is 4.72 Å². The molecule has 33 heavy (non-hydrogen) atoms. The molecule has 8 heteroatoms. The number of hydrogen-bond acceptors (Lipinski definition) is 6. The quantitative estimate of drug-likeness (QED) is 0.510. The number of rotatable bonds is 5. The second-order valence-corrected chi connectivity index (χ2v) is 10.2. The van der Waals surface area contributed by atoms with Crippen LogP contribution in [0.3, 0.4) is 0 Å². The smallest absolute Gasteiger partial charge is 0.241 e. The minimum Gasteiger partial charge on any atom is -0.490 e. The predicted molar refractivity (Wildman–Crippen MR) is 130 cm³/mol. The van der Waals surface area contributed by atoms with Gasteiger partial charge >= 0.3 is 0 Å². The van der Waals surface area contributed by atoms with Gasteiger partial charge in [0.2, 0.25) is 10.0 Å². The fourth-order valence-electron chi connectivity index (χ4n) is 3.95. The molecule has 1 aliphatic carbocycles. The number of allylic oxidation sites excluding steroid dienone is 3. The van der Waals surface area contributed by atoms with E-state index in [9.17, 15) is 8.42 Å². The van der Waals surface area contributed by atoms with E-state index in [0.717, 1.165) is 11.8 Å². The molecule has 5 rings (SSSR count). The topological polar surface area (TPSA) is 77.8 Å². The molecule has 2 atom stereocenters. The molecule has 0 fully saturated rings. The highest BCUT2D eigenvalue weighted by Gasteiger charge is 2.31. The third kappa shape index (κ3) is 4.34. The van der Waals surface area contributed by atoms with Crippen LogP contribution in [0.25, 0.3) is 11.0 Å². The molecule has 0 bridgehead atoms. The van der Waals surface area contributed by atoms with Crippen LogP contribution in [0, 0.1) is 5.92 Å². The first-order valence-corrected chi connectivity index (χ1v) is 12.6. The van der Waals surface area contributed by atoms with E-state index in [1.807, 2.05) is 55.5 Å². The van der Waals surface area contributed by atoms with Gasteiger partial charge in [-0.25, -0.2) is 8.42 Å². The summed E-state index contributed by atoms with van der Waals surface area (Å²) >= 11 is 5.68. The summed E-state index contributed by atoms with van der Waals surface area (Å²) in [4.78, 5) is 0.753. The van der Waals surface area contributed by atoms with Crippen molar-refractivity contribution < 1.29 is 22.3 Å². The average molecular weight is 482 g/mol. The number of para-hydroxylation sites is 1. The van der Waals surface area contributed by atoms with Crippen molar-refractivity contribution in [3.8, 4) is 11.5 Å². The van der Waals surface area contributed by atoms with Crippen LogP contribution >= 0.6 is 12.2 Å². The van der Waals surface area contributed by atoms with Gasteiger partial charge in [-0.05, 0) is 29.8 Å². The predicted octanol–water partition coefficient (Wildman–Crippen LogP) is 5.12. The van der Waals surface area contributed by atoms with Gasteiger partial charge in [-0.1, -0.05) is 55.6 Å². The molecule has 0 radical (unpaired) electrons. The molecular formula is C25H23NO5S2. The normalized spacial score (nSPS) is 19.2. The van der Waals surface area contributed by atoms with Gasteiger partial charge in [-0.2, -0.15) is 4.72 Å². The lowest BCUT2D eigenvalue weighted by molar-refractivity contribution is 0.297. The van der Waals surface area contributed by atoms with E-state index in [1.54, 1.807) is 6.07 Å². The Morgan fingerprint density at radius 1 is 1.06 bits per heavy atom. The first-order chi connectivity index (χ1) is 15.9. The van der Waals surface area contributed by atoms with E-state index in [-0.39, 0.29) is 10.8 Å². The van der Waals surface area contributed by atoms with E-state index in [4.69, 9.17) is 26.1 Å². The number of furan rings is 1. The zero-order chi connectivity index (χ0) is 23.0. The van der Waals surface area contributed by atoms with E-state index >= 15 is 0 Å². The third-order valence-electron chi connectivity index (χ3n) is 5.72. The molecule has 3 aromatic rings. The summed E-state index contributed by atoms with van der Waals surface area (Å²) in [5.74, 6) is 1.44. The first-order valence-electron chi connectivity index (χ1n) is 10.8. The van der Waals surface area contributed by atoms with Crippen molar-refractivity contribution in [3.05, 3.63) is 78.1 Å². The molecule has 1 aromatic heterocycles. The summed E-state index contributed by atoms with van der Waals surface area (Å²) < 4.78 is 47.2. The number of benzene rings is 2. The minimum atomic E-state index is -3.95. The Hall–Kier alpha value is -2.94. The van der Waals surface area contributed by atoms with E-state index < -0.39 is 16.1 Å². The van der Waals surface area contributed by atoms with Crippen LogP contribution in [0.15, 0.2) is 81.6 Å². The van der Waals surface area contributed by atoms with Gasteiger partial charge in [0.05, 0.1) is 18.1 Å². The molecule has 1 N–H and O–H groups in total. The maximum atomic E-state index is 13.5. The van der Waals surface area contributed by atoms with Crippen molar-refractivity contribution in [1.29, 1.82) is 0 Å². The highest BCUT2D eigenvalue weighted by atomic mass is 32.2. The Morgan fingerprint density at radius 3 is 2.67 bits per heavy atom. The number of thiocarbonyl (C=S) groups is 1. The number of ether oxygens (including phenoxy) is 2. The molecule has 0 spiro atoms. The molecular weight excluding hydrogens is 458 g/mol. The third-order valence-corrected chi connectivity index (χ3v) is 7.74. The zero-order valence-corrected chi connectivity index (χ0v) is 19.6. The van der Waals surface area contributed by atoms with E-state index in [2.05, 4.69) is 4.72 Å². The van der Waals surface area contributed by atoms with Gasteiger partial charge in [0.15, 0.2) is 11.5 Å². The lowest BCUT2D eigenvalue weighted by Gasteiger charge is -2.24. The van der Waals surface area contributed by atoms with Gasteiger partial charge in [-0.3, -0.25) is 0 Å². The summed E-state index contributed by atoms with van der Waals surface area (Å²) in [5, 5.41) is 0.887. The van der Waals surface area contributed by atoms with Gasteiger partial charge in [-0.15, -0.1) is 0 Å².